The number of halogens is 3. The monoisotopic (exact) mass is 811 g/mol. The molecule has 0 bridgehead atoms. The summed E-state index contributed by atoms with van der Waals surface area (Å²) in [6, 6.07) is 16.0. The Bertz CT molecular complexity index is 1100. The van der Waals surface area contributed by atoms with Crippen molar-refractivity contribution in [3.05, 3.63) is 69.7 Å². The maximum atomic E-state index is 9.44. The first-order valence-electron chi connectivity index (χ1n) is 18.7. The number of benzene rings is 2. The number of rotatable bonds is 17. The number of thioether (sulfide) groups is 1. The summed E-state index contributed by atoms with van der Waals surface area (Å²) in [6.45, 7) is 22.7. The van der Waals surface area contributed by atoms with Crippen molar-refractivity contribution in [1.82, 2.24) is 10.6 Å². The van der Waals surface area contributed by atoms with Crippen LogP contribution in [0.15, 0.2) is 48.5 Å². The lowest BCUT2D eigenvalue weighted by atomic mass is 10.0. The van der Waals surface area contributed by atoms with Crippen LogP contribution in [-0.4, -0.2) is 88.7 Å². The minimum atomic E-state index is -1.47. The van der Waals surface area contributed by atoms with Gasteiger partial charge in [-0.15, -0.1) is 11.8 Å². The Hall–Kier alpha value is -0.146. The second-order valence-corrected chi connectivity index (χ2v) is 28.5. The van der Waals surface area contributed by atoms with E-state index in [1.807, 2.05) is 43.3 Å². The van der Waals surface area contributed by atoms with Crippen LogP contribution in [0.2, 0.25) is 49.3 Å². The summed E-state index contributed by atoms with van der Waals surface area (Å²) in [7, 11) is -2.61. The van der Waals surface area contributed by atoms with Gasteiger partial charge in [-0.3, -0.25) is 0 Å². The molecule has 2 aromatic rings. The van der Waals surface area contributed by atoms with E-state index in [1.165, 1.54) is 18.4 Å². The molecule has 6 nitrogen and oxygen atoms in total. The molecule has 5 atom stereocenters. The fourth-order valence-electron chi connectivity index (χ4n) is 4.19. The highest BCUT2D eigenvalue weighted by Crippen LogP contribution is 2.20. The van der Waals surface area contributed by atoms with E-state index in [-0.39, 0.29) is 18.8 Å². The van der Waals surface area contributed by atoms with Crippen LogP contribution >= 0.6 is 46.0 Å². The van der Waals surface area contributed by atoms with Crippen molar-refractivity contribution in [3.63, 3.8) is 0 Å². The highest BCUT2D eigenvalue weighted by Gasteiger charge is 2.18. The average Bonchev–Trinajstić information content (AvgIpc) is 3.59. The smallest absolute Gasteiger partial charge is 0.183 e. The lowest BCUT2D eigenvalue weighted by Crippen LogP contribution is -2.41. The molecule has 1 heterocycles. The average molecular weight is 814 g/mol. The molecule has 0 saturated carbocycles. The molecule has 1 aliphatic heterocycles. The van der Waals surface area contributed by atoms with Gasteiger partial charge in [0.1, 0.15) is 12.8 Å². The molecule has 2 aromatic carbocycles. The van der Waals surface area contributed by atoms with E-state index < -0.39 is 15.7 Å². The summed E-state index contributed by atoms with van der Waals surface area (Å²) in [5.41, 5.74) is 2.76. The summed E-state index contributed by atoms with van der Waals surface area (Å²) in [4.78, 5) is 0. The molecule has 3 rings (SSSR count). The first-order chi connectivity index (χ1) is 23.9. The number of aliphatic hydroxyl groups is 2. The highest BCUT2D eigenvalue weighted by atomic mass is 35.6. The molecule has 1 fully saturated rings. The van der Waals surface area contributed by atoms with Crippen LogP contribution in [0.1, 0.15) is 59.0 Å². The van der Waals surface area contributed by atoms with E-state index in [0.717, 1.165) is 49.6 Å². The van der Waals surface area contributed by atoms with Crippen molar-refractivity contribution < 1.29 is 20.7 Å². The van der Waals surface area contributed by atoms with Crippen LogP contribution in [0, 0.1) is 5.92 Å². The van der Waals surface area contributed by atoms with Gasteiger partial charge in [-0.05, 0) is 106 Å². The van der Waals surface area contributed by atoms with Gasteiger partial charge in [-0.25, -0.2) is 0 Å². The molecule has 4 N–H and O–H groups in total. The van der Waals surface area contributed by atoms with Gasteiger partial charge in [0.05, 0.1) is 12.7 Å². The van der Waals surface area contributed by atoms with Crippen molar-refractivity contribution in [3.8, 4) is 0 Å². The Morgan fingerprint density at radius 3 is 1.80 bits per heavy atom. The predicted octanol–water partition coefficient (Wildman–Crippen LogP) is 9.89. The van der Waals surface area contributed by atoms with Crippen molar-refractivity contribution in [2.75, 3.05) is 39.1 Å². The third-order valence-electron chi connectivity index (χ3n) is 7.37. The zero-order chi connectivity index (χ0) is 38.9. The first kappa shape index (κ1) is 47.9. The summed E-state index contributed by atoms with van der Waals surface area (Å²) >= 11 is 19.0. The van der Waals surface area contributed by atoms with Gasteiger partial charge in [-0.2, -0.15) is 11.1 Å². The van der Waals surface area contributed by atoms with E-state index in [2.05, 4.69) is 75.9 Å². The van der Waals surface area contributed by atoms with Crippen LogP contribution in [0.25, 0.3) is 0 Å². The SMILES string of the molecule is CC[C@@H](C)CNC(CO[Si](C)(C)C)Cc1ccc(Cl)cc1.CC[C@@H](O)CNC(CO)Cc1ccc(Cl)cc1.C[Si](C)(C)Cl.[2H]CSC1CCCO1. The number of nitrogens with one attached hydrogen (secondary N) is 2. The second kappa shape index (κ2) is 28.3. The molecule has 50 heavy (non-hydrogen) atoms. The Labute approximate surface area is 328 Å². The van der Waals surface area contributed by atoms with Crippen molar-refractivity contribution in [2.24, 2.45) is 5.92 Å². The minimum Gasteiger partial charge on any atom is -0.416 e. The molecule has 0 aromatic heterocycles. The molecule has 290 valence electrons. The normalized spacial score (nSPS) is 17.1. The fraction of sp³-hybridized carbons (Fsp3) is 0.684. The number of hydrogen-bond acceptors (Lipinski definition) is 7. The molecule has 1 aliphatic rings. The molecule has 1 saturated heterocycles. The Kier molecular flexibility index (Phi) is 27.1. The summed E-state index contributed by atoms with van der Waals surface area (Å²) < 4.78 is 18.2. The van der Waals surface area contributed by atoms with E-state index >= 15 is 0 Å². The molecular formula is C38H69Cl3N2O4SSi2. The number of aliphatic hydroxyl groups excluding tert-OH is 2. The van der Waals surface area contributed by atoms with Gasteiger partial charge < -0.3 is 30.0 Å². The summed E-state index contributed by atoms with van der Waals surface area (Å²) in [5.74, 6) is 0.699. The standard InChI is InChI=1S/C17H30ClNOSi.C13H20ClNO2.C5H10OS.C3H9ClSi/c1-6-14(2)12-19-17(13-20-21(3,4)5)11-15-7-9-16(18)10-8-15;1-2-13(17)8-15-12(9-16)7-10-3-5-11(14)6-4-10;1-7-5-3-2-4-6-5;1-5(2,3)4/h7-10,14,17,19H,6,11-13H2,1-5H3;3-6,12-13,15-17H,2,7-9H2,1H3;5H,2-4H2,1H3;1-3H3/t14-,17?;12?,13-;;/m11../s1/i;;1D;. The largest absolute Gasteiger partial charge is 0.416 e. The Morgan fingerprint density at radius 2 is 1.40 bits per heavy atom. The maximum absolute atomic E-state index is 9.44. The van der Waals surface area contributed by atoms with Crippen molar-refractivity contribution in [2.45, 2.75) is 122 Å². The molecule has 0 spiro atoms. The van der Waals surface area contributed by atoms with E-state index in [0.29, 0.717) is 41.6 Å². The van der Waals surface area contributed by atoms with Gasteiger partial charge in [0.15, 0.2) is 8.32 Å². The lowest BCUT2D eigenvalue weighted by molar-refractivity contribution is 0.153. The van der Waals surface area contributed by atoms with Gasteiger partial charge in [-0.1, -0.05) is 94.3 Å². The van der Waals surface area contributed by atoms with Crippen LogP contribution in [0.4, 0.5) is 0 Å². The third-order valence-corrected chi connectivity index (χ3v) is 9.65. The maximum Gasteiger partial charge on any atom is 0.183 e. The number of ether oxygens (including phenoxy) is 1. The van der Waals surface area contributed by atoms with Crippen LogP contribution < -0.4 is 10.6 Å². The van der Waals surface area contributed by atoms with Gasteiger partial charge in [0, 0.05) is 43.3 Å². The minimum absolute atomic E-state index is 0.0302. The zero-order valence-electron chi connectivity index (χ0n) is 33.2. The highest BCUT2D eigenvalue weighted by molar-refractivity contribution is 7.99. The van der Waals surface area contributed by atoms with Crippen LogP contribution in [-0.2, 0) is 22.0 Å². The van der Waals surface area contributed by atoms with Gasteiger partial charge >= 0.3 is 0 Å². The molecule has 0 radical (unpaired) electrons. The summed E-state index contributed by atoms with van der Waals surface area (Å²) in [6.07, 6.45) is 6.03. The predicted molar refractivity (Wildman–Crippen MR) is 228 cm³/mol. The lowest BCUT2D eigenvalue weighted by Gasteiger charge is -2.25. The van der Waals surface area contributed by atoms with Crippen molar-refractivity contribution >= 4 is 61.7 Å². The first-order valence-corrected chi connectivity index (χ1v) is 27.7. The van der Waals surface area contributed by atoms with Crippen molar-refractivity contribution in [1.29, 1.82) is 0 Å². The topological polar surface area (TPSA) is 83.0 Å². The van der Waals surface area contributed by atoms with Crippen LogP contribution in [0.5, 0.6) is 0 Å². The molecule has 3 unspecified atom stereocenters. The Morgan fingerprint density at radius 1 is 0.900 bits per heavy atom. The van der Waals surface area contributed by atoms with Gasteiger partial charge in [0.2, 0.25) is 0 Å². The fourth-order valence-corrected chi connectivity index (χ4v) is 5.67. The van der Waals surface area contributed by atoms with Gasteiger partial charge in [0.25, 0.3) is 0 Å². The number of hydrogen-bond donors (Lipinski definition) is 4. The third kappa shape index (κ3) is 30.3. The second-order valence-electron chi connectivity index (χ2n) is 14.7. The van der Waals surface area contributed by atoms with E-state index in [9.17, 15) is 10.2 Å². The Balaban J connectivity index is 0.000000737. The molecule has 12 heteroatoms. The van der Waals surface area contributed by atoms with E-state index in [4.69, 9.17) is 44.8 Å². The molecule has 0 aliphatic carbocycles. The zero-order valence-corrected chi connectivity index (χ0v) is 37.3. The summed E-state index contributed by atoms with van der Waals surface area (Å²) in [5, 5.41) is 27.0. The van der Waals surface area contributed by atoms with Crippen LogP contribution in [0.3, 0.4) is 0 Å². The quantitative estimate of drug-likeness (QED) is 0.0936. The molecule has 0 amide bonds. The van der Waals surface area contributed by atoms with E-state index in [1.54, 1.807) is 11.8 Å². The molecular weight excluding hydrogens is 743 g/mol.